The van der Waals surface area contributed by atoms with Gasteiger partial charge in [-0.05, 0) is 25.6 Å². The molecule has 1 aromatic carbocycles. The third-order valence-corrected chi connectivity index (χ3v) is 6.27. The number of piperidine rings is 1. The summed E-state index contributed by atoms with van der Waals surface area (Å²) in [5.74, 6) is 0.430. The van der Waals surface area contributed by atoms with Crippen molar-refractivity contribution in [2.24, 2.45) is 5.92 Å². The maximum Gasteiger partial charge on any atom is 0.243 e. The zero-order valence-corrected chi connectivity index (χ0v) is 13.1. The molecule has 2 fully saturated rings. The van der Waals surface area contributed by atoms with Crippen LogP contribution in [-0.2, 0) is 14.8 Å². The quantitative estimate of drug-likeness (QED) is 0.818. The van der Waals surface area contributed by atoms with E-state index < -0.39 is 10.0 Å². The predicted octanol–water partition coefficient (Wildman–Crippen LogP) is 1.03. The van der Waals surface area contributed by atoms with Crippen LogP contribution in [0.15, 0.2) is 35.2 Å². The van der Waals surface area contributed by atoms with Crippen LogP contribution in [0.4, 0.5) is 0 Å². The van der Waals surface area contributed by atoms with Crippen LogP contribution in [0.2, 0.25) is 0 Å². The molecule has 2 saturated heterocycles. The molecule has 0 spiro atoms. The summed E-state index contributed by atoms with van der Waals surface area (Å²) < 4.78 is 32.8. The smallest absolute Gasteiger partial charge is 0.243 e. The second-order valence-electron chi connectivity index (χ2n) is 5.90. The Hall–Kier alpha value is -0.950. The zero-order chi connectivity index (χ0) is 14.9. The Labute approximate surface area is 126 Å². The van der Waals surface area contributed by atoms with Crippen molar-refractivity contribution >= 4 is 10.0 Å². The lowest BCUT2D eigenvalue weighted by Crippen LogP contribution is -2.48. The molecule has 2 atom stereocenters. The van der Waals surface area contributed by atoms with Crippen LogP contribution in [0, 0.1) is 5.92 Å². The number of likely N-dealkylation sites (N-methyl/N-ethyl adjacent to an activating group) is 1. The van der Waals surface area contributed by atoms with Gasteiger partial charge < -0.3 is 9.64 Å². The predicted molar refractivity (Wildman–Crippen MR) is 80.5 cm³/mol. The highest BCUT2D eigenvalue weighted by molar-refractivity contribution is 7.89. The minimum absolute atomic E-state index is 0.0159. The van der Waals surface area contributed by atoms with Crippen LogP contribution in [0.3, 0.4) is 0 Å². The highest BCUT2D eigenvalue weighted by atomic mass is 32.2. The van der Waals surface area contributed by atoms with Crippen LogP contribution < -0.4 is 0 Å². The van der Waals surface area contributed by atoms with Crippen molar-refractivity contribution in [3.63, 3.8) is 0 Å². The Morgan fingerprint density at radius 1 is 1.14 bits per heavy atom. The van der Waals surface area contributed by atoms with Crippen molar-refractivity contribution in [1.29, 1.82) is 0 Å². The molecule has 3 rings (SSSR count). The highest BCUT2D eigenvalue weighted by Crippen LogP contribution is 2.27. The highest BCUT2D eigenvalue weighted by Gasteiger charge is 2.37. The molecule has 2 heterocycles. The SMILES string of the molecule is CN1CCO[C@H]2CN(S(=O)(=O)c3ccccc3)CC[C@H]2C1. The molecule has 0 bridgehead atoms. The number of sulfonamides is 1. The van der Waals surface area contributed by atoms with Crippen molar-refractivity contribution in [3.8, 4) is 0 Å². The van der Waals surface area contributed by atoms with Gasteiger partial charge in [0.05, 0.1) is 17.6 Å². The lowest BCUT2D eigenvalue weighted by molar-refractivity contribution is -0.00188. The lowest BCUT2D eigenvalue weighted by Gasteiger charge is -2.37. The van der Waals surface area contributed by atoms with Gasteiger partial charge in [0, 0.05) is 32.1 Å². The van der Waals surface area contributed by atoms with Gasteiger partial charge in [0.15, 0.2) is 0 Å². The Kier molecular flexibility index (Phi) is 4.31. The van der Waals surface area contributed by atoms with E-state index >= 15 is 0 Å². The van der Waals surface area contributed by atoms with Gasteiger partial charge in [-0.2, -0.15) is 4.31 Å². The van der Waals surface area contributed by atoms with Gasteiger partial charge in [0.25, 0.3) is 0 Å². The van der Waals surface area contributed by atoms with Gasteiger partial charge in [-0.3, -0.25) is 0 Å². The summed E-state index contributed by atoms with van der Waals surface area (Å²) in [6.07, 6.45) is 0.878. The van der Waals surface area contributed by atoms with E-state index in [-0.39, 0.29) is 6.10 Å². The minimum atomic E-state index is -3.40. The number of ether oxygens (including phenoxy) is 1. The summed E-state index contributed by atoms with van der Waals surface area (Å²) >= 11 is 0. The first-order chi connectivity index (χ1) is 10.1. The molecule has 5 nitrogen and oxygen atoms in total. The molecule has 6 heteroatoms. The maximum atomic E-state index is 12.7. The average molecular weight is 310 g/mol. The largest absolute Gasteiger partial charge is 0.375 e. The molecule has 0 amide bonds. The molecule has 0 aromatic heterocycles. The van der Waals surface area contributed by atoms with Gasteiger partial charge in [-0.1, -0.05) is 18.2 Å². The van der Waals surface area contributed by atoms with E-state index in [1.165, 1.54) is 0 Å². The summed E-state index contributed by atoms with van der Waals surface area (Å²) in [7, 11) is -1.30. The summed E-state index contributed by atoms with van der Waals surface area (Å²) in [4.78, 5) is 2.64. The van der Waals surface area contributed by atoms with E-state index in [2.05, 4.69) is 11.9 Å². The van der Waals surface area contributed by atoms with E-state index in [9.17, 15) is 8.42 Å². The van der Waals surface area contributed by atoms with Gasteiger partial charge in [-0.25, -0.2) is 8.42 Å². The normalized spacial score (nSPS) is 28.8. The first-order valence-electron chi connectivity index (χ1n) is 7.43. The Balaban J connectivity index is 1.77. The van der Waals surface area contributed by atoms with Gasteiger partial charge >= 0.3 is 0 Å². The molecule has 0 unspecified atom stereocenters. The minimum Gasteiger partial charge on any atom is -0.375 e. The molecular formula is C15H22N2O3S. The van der Waals surface area contributed by atoms with Crippen molar-refractivity contribution in [2.45, 2.75) is 17.4 Å². The van der Waals surface area contributed by atoms with Crippen molar-refractivity contribution in [2.75, 3.05) is 39.8 Å². The third-order valence-electron chi connectivity index (χ3n) is 4.39. The monoisotopic (exact) mass is 310 g/mol. The van der Waals surface area contributed by atoms with Crippen LogP contribution in [0.1, 0.15) is 6.42 Å². The standard InChI is InChI=1S/C15H22N2O3S/c1-16-9-10-20-15-12-17(8-7-13(15)11-16)21(18,19)14-5-3-2-4-6-14/h2-6,13,15H,7-12H2,1H3/t13-,15-/m0/s1. The number of hydrogen-bond donors (Lipinski definition) is 0. The van der Waals surface area contributed by atoms with E-state index in [0.717, 1.165) is 19.5 Å². The van der Waals surface area contributed by atoms with Gasteiger partial charge in [0.2, 0.25) is 10.0 Å². The summed E-state index contributed by atoms with van der Waals surface area (Å²) in [6.45, 7) is 3.63. The molecule has 21 heavy (non-hydrogen) atoms. The number of fused-ring (bicyclic) bond motifs is 1. The molecular weight excluding hydrogens is 288 g/mol. The molecule has 0 radical (unpaired) electrons. The molecule has 2 aliphatic rings. The van der Waals surface area contributed by atoms with E-state index in [1.807, 2.05) is 6.07 Å². The van der Waals surface area contributed by atoms with Crippen LogP contribution >= 0.6 is 0 Å². The van der Waals surface area contributed by atoms with Crippen molar-refractivity contribution in [3.05, 3.63) is 30.3 Å². The zero-order valence-electron chi connectivity index (χ0n) is 12.3. The van der Waals surface area contributed by atoms with Crippen LogP contribution in [0.5, 0.6) is 0 Å². The first kappa shape index (κ1) is 15.0. The Morgan fingerprint density at radius 2 is 1.90 bits per heavy atom. The third kappa shape index (κ3) is 3.13. The summed E-state index contributed by atoms with van der Waals surface area (Å²) in [5, 5.41) is 0. The average Bonchev–Trinajstić information content (AvgIpc) is 2.68. The van der Waals surface area contributed by atoms with E-state index in [4.69, 9.17) is 4.74 Å². The molecule has 0 N–H and O–H groups in total. The fraction of sp³-hybridized carbons (Fsp3) is 0.600. The number of benzene rings is 1. The Morgan fingerprint density at radius 3 is 2.67 bits per heavy atom. The van der Waals surface area contributed by atoms with Gasteiger partial charge in [-0.15, -0.1) is 0 Å². The topological polar surface area (TPSA) is 49.9 Å². The molecule has 2 aliphatic heterocycles. The number of rotatable bonds is 2. The number of hydrogen-bond acceptors (Lipinski definition) is 4. The molecule has 116 valence electrons. The fourth-order valence-electron chi connectivity index (χ4n) is 3.15. The molecule has 0 aliphatic carbocycles. The lowest BCUT2D eigenvalue weighted by atomic mass is 9.95. The van der Waals surface area contributed by atoms with Gasteiger partial charge in [0.1, 0.15) is 0 Å². The van der Waals surface area contributed by atoms with E-state index in [1.54, 1.807) is 28.6 Å². The molecule has 0 saturated carbocycles. The summed E-state index contributed by atoms with van der Waals surface area (Å²) in [5.41, 5.74) is 0. The number of nitrogens with zero attached hydrogens (tertiary/aromatic N) is 2. The second kappa shape index (κ2) is 6.04. The second-order valence-corrected chi connectivity index (χ2v) is 7.83. The van der Waals surface area contributed by atoms with Crippen LogP contribution in [-0.4, -0.2) is 63.6 Å². The maximum absolute atomic E-state index is 12.7. The first-order valence-corrected chi connectivity index (χ1v) is 8.87. The van der Waals surface area contributed by atoms with Crippen molar-refractivity contribution < 1.29 is 13.2 Å². The summed E-state index contributed by atoms with van der Waals surface area (Å²) in [6, 6.07) is 8.66. The van der Waals surface area contributed by atoms with Crippen LogP contribution in [0.25, 0.3) is 0 Å². The molecule has 1 aromatic rings. The van der Waals surface area contributed by atoms with Crippen molar-refractivity contribution in [1.82, 2.24) is 9.21 Å². The van der Waals surface area contributed by atoms with E-state index in [0.29, 0.717) is 30.5 Å². The Bertz CT molecular complexity index is 576. The fourth-order valence-corrected chi connectivity index (χ4v) is 4.63.